The quantitative estimate of drug-likeness (QED) is 0.110. The van der Waals surface area contributed by atoms with Gasteiger partial charge in [0.05, 0.1) is 7.11 Å². The normalized spacial score (nSPS) is 11.0. The summed E-state index contributed by atoms with van der Waals surface area (Å²) < 4.78 is 4.67. The summed E-state index contributed by atoms with van der Waals surface area (Å²) in [7, 11) is 1.47. The molecule has 1 rings (SSSR count). The third-order valence-corrected chi connectivity index (χ3v) is 7.14. The van der Waals surface area contributed by atoms with Crippen LogP contribution < -0.4 is 5.32 Å². The molecule has 3 nitrogen and oxygen atoms in total. The van der Waals surface area contributed by atoms with Crippen molar-refractivity contribution >= 4 is 11.7 Å². The topological polar surface area (TPSA) is 38.3 Å². The maximum atomic E-state index is 11.1. The highest BCUT2D eigenvalue weighted by molar-refractivity contribution is 5.68. The Bertz CT molecular complexity index is 584. The van der Waals surface area contributed by atoms with Gasteiger partial charge in [0.25, 0.3) is 0 Å². The summed E-state index contributed by atoms with van der Waals surface area (Å²) in [5.41, 5.74) is 2.74. The number of benzene rings is 1. The number of carbonyl (C=O) groups excluding carboxylic acids is 1. The lowest BCUT2D eigenvalue weighted by atomic mass is 10.0. The summed E-state index contributed by atoms with van der Waals surface area (Å²) in [6.07, 6.45) is 28.6. The fourth-order valence-corrected chi connectivity index (χ4v) is 4.75. The number of aryl methyl sites for hydroxylation is 1. The molecular formula is C32H57NO2. The lowest BCUT2D eigenvalue weighted by Gasteiger charge is -2.08. The van der Waals surface area contributed by atoms with Crippen molar-refractivity contribution in [1.29, 1.82) is 0 Å². The number of rotatable bonds is 25. The molecule has 1 aromatic carbocycles. The van der Waals surface area contributed by atoms with E-state index in [1.807, 2.05) is 0 Å². The van der Waals surface area contributed by atoms with E-state index in [9.17, 15) is 4.79 Å². The molecule has 1 aromatic rings. The Morgan fingerprint density at radius 2 is 1.09 bits per heavy atom. The molecule has 0 aliphatic rings. The molecule has 0 spiro atoms. The average molecular weight is 488 g/mol. The predicted molar refractivity (Wildman–Crippen MR) is 153 cm³/mol. The van der Waals surface area contributed by atoms with Gasteiger partial charge in [-0.1, -0.05) is 128 Å². The number of hydrogen-bond donors (Lipinski definition) is 1. The third-order valence-electron chi connectivity index (χ3n) is 7.14. The summed E-state index contributed by atoms with van der Waals surface area (Å²) in [6, 6.07) is 9.12. The predicted octanol–water partition coefficient (Wildman–Crippen LogP) is 10.0. The molecule has 0 amide bonds. The zero-order valence-corrected chi connectivity index (χ0v) is 23.4. The SMILES string of the molecule is CCCCCCCCCCCCCCc1ccc(NCCCCCCCCCCC(=O)OC)cc1. The highest BCUT2D eigenvalue weighted by Crippen LogP contribution is 2.16. The molecule has 0 radical (unpaired) electrons. The van der Waals surface area contributed by atoms with Crippen LogP contribution in [0.5, 0.6) is 0 Å². The minimum absolute atomic E-state index is 0.0771. The second-order valence-electron chi connectivity index (χ2n) is 10.4. The van der Waals surface area contributed by atoms with Gasteiger partial charge in [-0.15, -0.1) is 0 Å². The monoisotopic (exact) mass is 487 g/mol. The summed E-state index contributed by atoms with van der Waals surface area (Å²) in [5, 5.41) is 3.58. The Hall–Kier alpha value is -1.51. The maximum absolute atomic E-state index is 11.1. The molecule has 202 valence electrons. The van der Waals surface area contributed by atoms with Crippen LogP contribution in [0.2, 0.25) is 0 Å². The number of hydrogen-bond acceptors (Lipinski definition) is 3. The van der Waals surface area contributed by atoms with E-state index >= 15 is 0 Å². The third kappa shape index (κ3) is 20.4. The molecule has 35 heavy (non-hydrogen) atoms. The lowest BCUT2D eigenvalue weighted by Crippen LogP contribution is -2.01. The van der Waals surface area contributed by atoms with Crippen molar-refractivity contribution in [2.24, 2.45) is 0 Å². The summed E-state index contributed by atoms with van der Waals surface area (Å²) >= 11 is 0. The van der Waals surface area contributed by atoms with Gasteiger partial charge in [-0.2, -0.15) is 0 Å². The second-order valence-corrected chi connectivity index (χ2v) is 10.4. The number of anilines is 1. The van der Waals surface area contributed by atoms with Crippen LogP contribution in [-0.4, -0.2) is 19.6 Å². The van der Waals surface area contributed by atoms with Gasteiger partial charge >= 0.3 is 5.97 Å². The lowest BCUT2D eigenvalue weighted by molar-refractivity contribution is -0.140. The molecular weight excluding hydrogens is 430 g/mol. The molecule has 0 heterocycles. The van der Waals surface area contributed by atoms with Gasteiger partial charge in [0.2, 0.25) is 0 Å². The molecule has 0 saturated heterocycles. The number of methoxy groups -OCH3 is 1. The fraction of sp³-hybridized carbons (Fsp3) is 0.781. The largest absolute Gasteiger partial charge is 0.469 e. The van der Waals surface area contributed by atoms with Crippen LogP contribution in [0.1, 0.15) is 147 Å². The fourth-order valence-electron chi connectivity index (χ4n) is 4.75. The minimum atomic E-state index is -0.0771. The van der Waals surface area contributed by atoms with Gasteiger partial charge in [0, 0.05) is 18.7 Å². The molecule has 0 bridgehead atoms. The van der Waals surface area contributed by atoms with Crippen LogP contribution in [0, 0.1) is 0 Å². The number of carbonyl (C=O) groups is 1. The van der Waals surface area contributed by atoms with E-state index in [-0.39, 0.29) is 5.97 Å². The van der Waals surface area contributed by atoms with E-state index < -0.39 is 0 Å². The van der Waals surface area contributed by atoms with Gasteiger partial charge in [-0.25, -0.2) is 0 Å². The Labute approximate surface area is 218 Å². The van der Waals surface area contributed by atoms with E-state index in [2.05, 4.69) is 41.2 Å². The molecule has 0 aliphatic heterocycles. The molecule has 3 heteroatoms. The summed E-state index contributed by atoms with van der Waals surface area (Å²) in [4.78, 5) is 11.1. The first-order valence-electron chi connectivity index (χ1n) is 15.2. The average Bonchev–Trinajstić information content (AvgIpc) is 2.88. The summed E-state index contributed by atoms with van der Waals surface area (Å²) in [5.74, 6) is -0.0771. The zero-order chi connectivity index (χ0) is 25.2. The summed E-state index contributed by atoms with van der Waals surface area (Å²) in [6.45, 7) is 3.36. The first kappa shape index (κ1) is 31.5. The molecule has 0 saturated carbocycles. The van der Waals surface area contributed by atoms with Crippen LogP contribution in [0.15, 0.2) is 24.3 Å². The number of ether oxygens (including phenoxy) is 1. The first-order valence-corrected chi connectivity index (χ1v) is 15.2. The van der Waals surface area contributed by atoms with Crippen molar-refractivity contribution < 1.29 is 9.53 Å². The Morgan fingerprint density at radius 1 is 0.629 bits per heavy atom. The number of nitrogens with one attached hydrogen (secondary N) is 1. The number of esters is 1. The van der Waals surface area contributed by atoms with E-state index in [0.717, 1.165) is 19.4 Å². The van der Waals surface area contributed by atoms with Crippen LogP contribution in [0.25, 0.3) is 0 Å². The Kier molecular flexibility index (Phi) is 21.8. The standard InChI is InChI=1S/C32H57NO2/c1-3-4-5-6-7-8-9-10-11-14-17-20-23-30-25-27-31(28-26-30)33-29-22-19-16-13-12-15-18-21-24-32(34)35-2/h25-28,33H,3-24,29H2,1-2H3. The Balaban J connectivity index is 1.88. The highest BCUT2D eigenvalue weighted by atomic mass is 16.5. The molecule has 0 unspecified atom stereocenters. The Morgan fingerprint density at radius 3 is 1.60 bits per heavy atom. The second kappa shape index (κ2) is 24.2. The van der Waals surface area contributed by atoms with Crippen molar-refractivity contribution in [2.45, 2.75) is 148 Å². The van der Waals surface area contributed by atoms with Crippen LogP contribution >= 0.6 is 0 Å². The van der Waals surface area contributed by atoms with Gasteiger partial charge in [0.1, 0.15) is 0 Å². The molecule has 1 N–H and O–H groups in total. The van der Waals surface area contributed by atoms with Gasteiger partial charge in [-0.05, 0) is 43.4 Å². The van der Waals surface area contributed by atoms with Crippen LogP contribution in [0.3, 0.4) is 0 Å². The maximum Gasteiger partial charge on any atom is 0.305 e. The van der Waals surface area contributed by atoms with Crippen molar-refractivity contribution in [3.63, 3.8) is 0 Å². The molecule has 0 aliphatic carbocycles. The van der Waals surface area contributed by atoms with E-state index in [1.54, 1.807) is 0 Å². The van der Waals surface area contributed by atoms with Crippen LogP contribution in [0.4, 0.5) is 5.69 Å². The van der Waals surface area contributed by atoms with Crippen LogP contribution in [-0.2, 0) is 16.0 Å². The van der Waals surface area contributed by atoms with E-state index in [1.165, 1.54) is 140 Å². The van der Waals surface area contributed by atoms with Crippen molar-refractivity contribution in [2.75, 3.05) is 19.0 Å². The van der Waals surface area contributed by atoms with Crippen molar-refractivity contribution in [3.05, 3.63) is 29.8 Å². The minimum Gasteiger partial charge on any atom is -0.469 e. The zero-order valence-electron chi connectivity index (χ0n) is 23.4. The van der Waals surface area contributed by atoms with Gasteiger partial charge in [0.15, 0.2) is 0 Å². The smallest absolute Gasteiger partial charge is 0.305 e. The molecule has 0 atom stereocenters. The van der Waals surface area contributed by atoms with E-state index in [0.29, 0.717) is 6.42 Å². The van der Waals surface area contributed by atoms with Gasteiger partial charge in [-0.3, -0.25) is 4.79 Å². The first-order chi connectivity index (χ1) is 17.3. The van der Waals surface area contributed by atoms with Gasteiger partial charge < -0.3 is 10.1 Å². The van der Waals surface area contributed by atoms with E-state index in [4.69, 9.17) is 0 Å². The molecule has 0 fully saturated rings. The van der Waals surface area contributed by atoms with Crippen molar-refractivity contribution in [1.82, 2.24) is 0 Å². The van der Waals surface area contributed by atoms with Crippen molar-refractivity contribution in [3.8, 4) is 0 Å². The number of unbranched alkanes of at least 4 members (excludes halogenated alkanes) is 18. The highest BCUT2D eigenvalue weighted by Gasteiger charge is 2.00. The molecule has 0 aromatic heterocycles.